The van der Waals surface area contributed by atoms with E-state index in [2.05, 4.69) is 5.16 Å². The number of hydrogen-bond donors (Lipinski definition) is 0. The average molecular weight is 293 g/mol. The Bertz CT molecular complexity index is 648. The molecule has 0 bridgehead atoms. The Kier molecular flexibility index (Phi) is 4.57. The smallest absolute Gasteiger partial charge is 0.361 e. The van der Waals surface area contributed by atoms with Crippen molar-refractivity contribution in [1.82, 2.24) is 0 Å². The van der Waals surface area contributed by atoms with Crippen LogP contribution in [-0.2, 0) is 14.4 Å². The lowest BCUT2D eigenvalue weighted by Crippen LogP contribution is -2.18. The predicted octanol–water partition coefficient (Wildman–Crippen LogP) is 2.82. The van der Waals surface area contributed by atoms with Gasteiger partial charge in [0.2, 0.25) is 0 Å². The van der Waals surface area contributed by atoms with Crippen LogP contribution in [0.2, 0.25) is 0 Å². The molecule has 0 saturated heterocycles. The molecular formula is C14H15NO4S. The molecule has 1 heterocycles. The predicted molar refractivity (Wildman–Crippen MR) is 78.6 cm³/mol. The summed E-state index contributed by atoms with van der Waals surface area (Å²) in [5.41, 5.74) is 0.845. The van der Waals surface area contributed by atoms with Gasteiger partial charge in [-0.2, -0.15) is 0 Å². The van der Waals surface area contributed by atoms with E-state index in [1.54, 1.807) is 14.0 Å². The zero-order chi connectivity index (χ0) is 14.5. The van der Waals surface area contributed by atoms with Crippen molar-refractivity contribution >= 4 is 33.1 Å². The normalized spacial score (nSPS) is 11.4. The Morgan fingerprint density at radius 2 is 2.15 bits per heavy atom. The molecule has 0 atom stereocenters. The summed E-state index contributed by atoms with van der Waals surface area (Å²) in [7, 11) is 3.00. The van der Waals surface area contributed by atoms with E-state index in [0.717, 1.165) is 15.8 Å². The van der Waals surface area contributed by atoms with Crippen molar-refractivity contribution in [3.63, 3.8) is 0 Å². The summed E-state index contributed by atoms with van der Waals surface area (Å²) in [6, 6.07) is 5.68. The van der Waals surface area contributed by atoms with Crippen LogP contribution in [0.25, 0.3) is 10.1 Å². The van der Waals surface area contributed by atoms with Crippen molar-refractivity contribution < 1.29 is 19.1 Å². The molecule has 20 heavy (non-hydrogen) atoms. The Morgan fingerprint density at radius 1 is 1.35 bits per heavy atom. The third kappa shape index (κ3) is 2.75. The van der Waals surface area contributed by atoms with E-state index >= 15 is 0 Å². The molecule has 0 unspecified atom stereocenters. The number of hydrogen-bond acceptors (Lipinski definition) is 6. The van der Waals surface area contributed by atoms with Crippen LogP contribution in [-0.4, -0.2) is 32.5 Å². The van der Waals surface area contributed by atoms with Gasteiger partial charge in [0, 0.05) is 21.0 Å². The van der Waals surface area contributed by atoms with E-state index in [1.807, 2.05) is 23.6 Å². The minimum absolute atomic E-state index is 0.161. The van der Waals surface area contributed by atoms with Crippen LogP contribution < -0.4 is 4.74 Å². The number of oxime groups is 1. The highest BCUT2D eigenvalue weighted by Crippen LogP contribution is 2.30. The van der Waals surface area contributed by atoms with Gasteiger partial charge in [0.05, 0.1) is 13.7 Å². The molecule has 1 aromatic heterocycles. The summed E-state index contributed by atoms with van der Waals surface area (Å²) in [6.07, 6.45) is 0. The maximum absolute atomic E-state index is 12.0. The van der Waals surface area contributed by atoms with Gasteiger partial charge in [-0.05, 0) is 25.1 Å². The minimum Gasteiger partial charge on any atom is -0.497 e. The maximum atomic E-state index is 12.0. The van der Waals surface area contributed by atoms with Gasteiger partial charge in [-0.25, -0.2) is 4.79 Å². The molecule has 106 valence electrons. The van der Waals surface area contributed by atoms with Gasteiger partial charge in [-0.3, -0.25) is 0 Å². The first kappa shape index (κ1) is 14.3. The van der Waals surface area contributed by atoms with E-state index in [4.69, 9.17) is 14.3 Å². The number of carbonyl (C=O) groups excluding carboxylic acids is 1. The first-order valence-corrected chi connectivity index (χ1v) is 6.93. The number of fused-ring (bicyclic) bond motifs is 1. The van der Waals surface area contributed by atoms with Gasteiger partial charge in [0.15, 0.2) is 5.71 Å². The second kappa shape index (κ2) is 6.38. The van der Waals surface area contributed by atoms with Crippen LogP contribution >= 0.6 is 11.3 Å². The number of rotatable bonds is 5. The van der Waals surface area contributed by atoms with Crippen molar-refractivity contribution in [2.24, 2.45) is 5.16 Å². The molecule has 2 rings (SSSR count). The monoisotopic (exact) mass is 293 g/mol. The highest BCUT2D eigenvalue weighted by atomic mass is 32.1. The van der Waals surface area contributed by atoms with Crippen LogP contribution in [0.1, 0.15) is 12.5 Å². The van der Waals surface area contributed by atoms with Crippen LogP contribution in [0.15, 0.2) is 28.7 Å². The molecule has 0 aliphatic carbocycles. The lowest BCUT2D eigenvalue weighted by atomic mass is 10.1. The highest BCUT2D eigenvalue weighted by molar-refractivity contribution is 7.17. The van der Waals surface area contributed by atoms with Crippen LogP contribution in [0.4, 0.5) is 0 Å². The fourth-order valence-corrected chi connectivity index (χ4v) is 2.73. The number of benzene rings is 1. The van der Waals surface area contributed by atoms with Gasteiger partial charge in [-0.15, -0.1) is 11.3 Å². The second-order valence-electron chi connectivity index (χ2n) is 3.85. The van der Waals surface area contributed by atoms with Crippen molar-refractivity contribution in [1.29, 1.82) is 0 Å². The summed E-state index contributed by atoms with van der Waals surface area (Å²) in [6.45, 7) is 2.03. The fourth-order valence-electron chi connectivity index (χ4n) is 1.81. The van der Waals surface area contributed by atoms with Gasteiger partial charge in [-0.1, -0.05) is 5.16 Å². The average Bonchev–Trinajstić information content (AvgIpc) is 2.87. The van der Waals surface area contributed by atoms with E-state index in [-0.39, 0.29) is 12.3 Å². The number of carbonyl (C=O) groups is 1. The van der Waals surface area contributed by atoms with E-state index in [0.29, 0.717) is 5.56 Å². The van der Waals surface area contributed by atoms with Gasteiger partial charge < -0.3 is 14.3 Å². The number of thiophene rings is 1. The molecule has 6 heteroatoms. The molecule has 0 aliphatic rings. The summed E-state index contributed by atoms with van der Waals surface area (Å²) >= 11 is 1.52. The third-order valence-electron chi connectivity index (χ3n) is 2.69. The van der Waals surface area contributed by atoms with Crippen LogP contribution in [0, 0.1) is 0 Å². The lowest BCUT2D eigenvalue weighted by molar-refractivity contribution is -0.135. The van der Waals surface area contributed by atoms with E-state index < -0.39 is 5.97 Å². The molecule has 0 aliphatic heterocycles. The zero-order valence-corrected chi connectivity index (χ0v) is 12.3. The molecule has 5 nitrogen and oxygen atoms in total. The van der Waals surface area contributed by atoms with Gasteiger partial charge >= 0.3 is 5.97 Å². The number of esters is 1. The molecule has 0 radical (unpaired) electrons. The largest absolute Gasteiger partial charge is 0.497 e. The second-order valence-corrected chi connectivity index (χ2v) is 4.77. The summed E-state index contributed by atoms with van der Waals surface area (Å²) in [4.78, 5) is 16.7. The molecule has 2 aromatic rings. The third-order valence-corrected chi connectivity index (χ3v) is 3.65. The van der Waals surface area contributed by atoms with E-state index in [9.17, 15) is 4.79 Å². The van der Waals surface area contributed by atoms with Crippen molar-refractivity contribution in [3.8, 4) is 5.75 Å². The van der Waals surface area contributed by atoms with Crippen LogP contribution in [0.3, 0.4) is 0 Å². The molecular weight excluding hydrogens is 278 g/mol. The zero-order valence-electron chi connectivity index (χ0n) is 11.5. The summed E-state index contributed by atoms with van der Waals surface area (Å²) < 4.78 is 11.3. The highest BCUT2D eigenvalue weighted by Gasteiger charge is 2.20. The van der Waals surface area contributed by atoms with Crippen LogP contribution in [0.5, 0.6) is 5.75 Å². The van der Waals surface area contributed by atoms with Crippen molar-refractivity contribution in [2.75, 3.05) is 20.8 Å². The Hall–Kier alpha value is -2.08. The molecule has 0 saturated carbocycles. The van der Waals surface area contributed by atoms with Gasteiger partial charge in [0.1, 0.15) is 12.9 Å². The number of nitrogens with zero attached hydrogens (tertiary/aromatic N) is 1. The summed E-state index contributed by atoms with van der Waals surface area (Å²) in [5, 5.41) is 6.55. The lowest BCUT2D eigenvalue weighted by Gasteiger charge is -2.05. The Labute approximate surface area is 120 Å². The fraction of sp³-hybridized carbons (Fsp3) is 0.286. The Balaban J connectivity index is 2.53. The quantitative estimate of drug-likeness (QED) is 0.483. The minimum atomic E-state index is -0.503. The van der Waals surface area contributed by atoms with Crippen molar-refractivity contribution in [2.45, 2.75) is 6.92 Å². The standard InChI is InChI=1S/C14H15NO4S/c1-4-19-14(16)13(15-18-3)11-8-20-12-6-5-9(17-2)7-10(11)12/h5-8H,4H2,1-3H3. The van der Waals surface area contributed by atoms with Gasteiger partial charge in [0.25, 0.3) is 0 Å². The maximum Gasteiger partial charge on any atom is 0.361 e. The molecule has 0 fully saturated rings. The topological polar surface area (TPSA) is 57.1 Å². The first-order chi connectivity index (χ1) is 9.71. The summed E-state index contributed by atoms with van der Waals surface area (Å²) in [5.74, 6) is 0.217. The molecule has 0 N–H and O–H groups in total. The molecule has 1 aromatic carbocycles. The number of ether oxygens (including phenoxy) is 2. The SMILES string of the molecule is CCOC(=O)C(=NOC)c1csc2ccc(OC)cc12. The molecule has 0 amide bonds. The van der Waals surface area contributed by atoms with Crippen molar-refractivity contribution in [3.05, 3.63) is 29.1 Å². The molecule has 0 spiro atoms. The first-order valence-electron chi connectivity index (χ1n) is 6.05. The van der Waals surface area contributed by atoms with E-state index in [1.165, 1.54) is 18.4 Å². The Morgan fingerprint density at radius 3 is 2.80 bits per heavy atom. The number of methoxy groups -OCH3 is 1.